The Balaban J connectivity index is 2.10. The molecule has 2 aromatic carbocycles. The van der Waals surface area contributed by atoms with E-state index in [-0.39, 0.29) is 6.54 Å². The number of rotatable bonds is 8. The second-order valence-corrected chi connectivity index (χ2v) is 9.21. The van der Waals surface area contributed by atoms with Gasteiger partial charge in [-0.15, -0.1) is 0 Å². The number of carbonyl (C=O) groups is 1. The minimum Gasteiger partial charge on any atom is -0.444 e. The Morgan fingerprint density at radius 1 is 1.10 bits per heavy atom. The highest BCUT2D eigenvalue weighted by atomic mass is 16.6. The van der Waals surface area contributed by atoms with Gasteiger partial charge in [-0.1, -0.05) is 42.5 Å². The number of aliphatic hydroxyl groups is 1. The first-order valence-corrected chi connectivity index (χ1v) is 10.5. The smallest absolute Gasteiger partial charge is 0.407 e. The largest absolute Gasteiger partial charge is 0.444 e. The minimum atomic E-state index is -0.855. The fourth-order valence-electron chi connectivity index (χ4n) is 3.19. The lowest BCUT2D eigenvalue weighted by Gasteiger charge is -2.32. The molecular formula is C25H33N3O3. The van der Waals surface area contributed by atoms with E-state index in [0.29, 0.717) is 12.0 Å². The van der Waals surface area contributed by atoms with Crippen LogP contribution in [-0.2, 0) is 16.7 Å². The molecule has 0 spiro atoms. The summed E-state index contributed by atoms with van der Waals surface area (Å²) in [6.45, 7) is 9.63. The van der Waals surface area contributed by atoms with E-state index in [1.54, 1.807) is 26.8 Å². The average Bonchev–Trinajstić information content (AvgIpc) is 2.71. The summed E-state index contributed by atoms with van der Waals surface area (Å²) in [5, 5.41) is 26.3. The summed E-state index contributed by atoms with van der Waals surface area (Å²) in [6.07, 6.45) is -0.951. The van der Waals surface area contributed by atoms with Crippen LogP contribution >= 0.6 is 0 Å². The number of amides is 1. The van der Waals surface area contributed by atoms with Gasteiger partial charge in [0, 0.05) is 12.1 Å². The Bertz CT molecular complexity index is 898. The van der Waals surface area contributed by atoms with Crippen LogP contribution in [0.1, 0.15) is 51.3 Å². The molecule has 166 valence electrons. The first-order chi connectivity index (χ1) is 14.5. The van der Waals surface area contributed by atoms with Crippen molar-refractivity contribution in [1.29, 1.82) is 5.26 Å². The van der Waals surface area contributed by atoms with E-state index in [4.69, 9.17) is 10.00 Å². The zero-order chi connectivity index (χ0) is 23.1. The average molecular weight is 424 g/mol. The van der Waals surface area contributed by atoms with E-state index in [2.05, 4.69) is 16.7 Å². The molecule has 0 aromatic heterocycles. The van der Waals surface area contributed by atoms with Gasteiger partial charge >= 0.3 is 6.09 Å². The first-order valence-electron chi connectivity index (χ1n) is 10.5. The Hall–Kier alpha value is -2.88. The zero-order valence-corrected chi connectivity index (χ0v) is 19.0. The van der Waals surface area contributed by atoms with Gasteiger partial charge in [-0.25, -0.2) is 4.79 Å². The second kappa shape index (κ2) is 10.4. The molecule has 6 heteroatoms. The van der Waals surface area contributed by atoms with E-state index >= 15 is 0 Å². The Kier molecular flexibility index (Phi) is 8.21. The summed E-state index contributed by atoms with van der Waals surface area (Å²) in [5.41, 5.74) is 1.43. The molecule has 0 aliphatic carbocycles. The molecule has 0 heterocycles. The number of nitrogens with zero attached hydrogens (tertiary/aromatic N) is 1. The van der Waals surface area contributed by atoms with Crippen molar-refractivity contribution in [3.63, 3.8) is 0 Å². The van der Waals surface area contributed by atoms with Crippen molar-refractivity contribution in [2.24, 2.45) is 0 Å². The molecule has 0 aliphatic rings. The van der Waals surface area contributed by atoms with Crippen molar-refractivity contribution in [3.05, 3.63) is 71.3 Å². The van der Waals surface area contributed by atoms with Crippen molar-refractivity contribution in [2.75, 3.05) is 6.54 Å². The third-order valence-corrected chi connectivity index (χ3v) is 4.93. The van der Waals surface area contributed by atoms with Crippen LogP contribution in [0, 0.1) is 11.3 Å². The number of benzene rings is 2. The van der Waals surface area contributed by atoms with Gasteiger partial charge < -0.3 is 20.5 Å². The normalized spacial score (nSPS) is 13.7. The predicted molar refractivity (Wildman–Crippen MR) is 121 cm³/mol. The maximum atomic E-state index is 12.4. The number of nitriles is 1. The molecule has 1 amide bonds. The van der Waals surface area contributed by atoms with Crippen LogP contribution in [0.25, 0.3) is 0 Å². The number of hydrogen-bond donors (Lipinski definition) is 3. The number of carbonyl (C=O) groups excluding carboxylic acids is 1. The molecule has 31 heavy (non-hydrogen) atoms. The fraction of sp³-hybridized carbons (Fsp3) is 0.440. The molecule has 0 saturated carbocycles. The molecule has 0 radical (unpaired) electrons. The monoisotopic (exact) mass is 423 g/mol. The highest BCUT2D eigenvalue weighted by Crippen LogP contribution is 2.21. The van der Waals surface area contributed by atoms with Gasteiger partial charge in [0.15, 0.2) is 0 Å². The molecule has 2 rings (SSSR count). The van der Waals surface area contributed by atoms with Crippen molar-refractivity contribution in [3.8, 4) is 6.07 Å². The third-order valence-electron chi connectivity index (χ3n) is 4.93. The highest BCUT2D eigenvalue weighted by molar-refractivity contribution is 5.68. The zero-order valence-electron chi connectivity index (χ0n) is 19.0. The van der Waals surface area contributed by atoms with E-state index < -0.39 is 29.4 Å². The van der Waals surface area contributed by atoms with E-state index in [1.807, 2.05) is 62.4 Å². The van der Waals surface area contributed by atoms with Gasteiger partial charge in [-0.05, 0) is 64.3 Å². The number of nitrogens with one attached hydrogen (secondary N) is 2. The van der Waals surface area contributed by atoms with E-state index in [1.165, 1.54) is 0 Å². The summed E-state index contributed by atoms with van der Waals surface area (Å²) in [7, 11) is 0. The fourth-order valence-corrected chi connectivity index (χ4v) is 3.19. The van der Waals surface area contributed by atoms with Crippen molar-refractivity contribution >= 4 is 6.09 Å². The predicted octanol–water partition coefficient (Wildman–Crippen LogP) is 3.88. The molecule has 0 unspecified atom stereocenters. The first kappa shape index (κ1) is 24.4. The van der Waals surface area contributed by atoms with Gasteiger partial charge in [-0.2, -0.15) is 5.26 Å². The SMILES string of the molecule is CC(C)(C)OC(=O)N[C@@H](Cc1ccccc1)[C@H](O)CNC(C)(C)c1cccc(C#N)c1. The van der Waals surface area contributed by atoms with Crippen molar-refractivity contribution in [2.45, 2.75) is 64.3 Å². The third kappa shape index (κ3) is 8.05. The molecule has 3 N–H and O–H groups in total. The number of hydrogen-bond acceptors (Lipinski definition) is 5. The van der Waals surface area contributed by atoms with Gasteiger partial charge in [0.2, 0.25) is 0 Å². The summed E-state index contributed by atoms with van der Waals surface area (Å²) < 4.78 is 5.38. The van der Waals surface area contributed by atoms with E-state index in [9.17, 15) is 9.90 Å². The molecule has 2 atom stereocenters. The molecule has 0 bridgehead atoms. The van der Waals surface area contributed by atoms with Gasteiger partial charge in [0.05, 0.1) is 23.8 Å². The second-order valence-electron chi connectivity index (χ2n) is 9.21. The van der Waals surface area contributed by atoms with Crippen molar-refractivity contribution in [1.82, 2.24) is 10.6 Å². The summed E-state index contributed by atoms with van der Waals surface area (Å²) in [5.74, 6) is 0. The Morgan fingerprint density at radius 2 is 1.77 bits per heavy atom. The van der Waals surface area contributed by atoms with Gasteiger partial charge in [0.25, 0.3) is 0 Å². The van der Waals surface area contributed by atoms with Gasteiger partial charge in [-0.3, -0.25) is 0 Å². The molecule has 2 aromatic rings. The Morgan fingerprint density at radius 3 is 2.39 bits per heavy atom. The lowest BCUT2D eigenvalue weighted by molar-refractivity contribution is 0.0415. The maximum Gasteiger partial charge on any atom is 0.407 e. The van der Waals surface area contributed by atoms with Gasteiger partial charge in [0.1, 0.15) is 5.60 Å². The van der Waals surface area contributed by atoms with Crippen LogP contribution in [0.4, 0.5) is 4.79 Å². The van der Waals surface area contributed by atoms with Crippen LogP contribution in [0.5, 0.6) is 0 Å². The molecule has 0 fully saturated rings. The van der Waals surface area contributed by atoms with Crippen molar-refractivity contribution < 1.29 is 14.6 Å². The summed E-state index contributed by atoms with van der Waals surface area (Å²) in [6, 6.07) is 18.7. The quantitative estimate of drug-likeness (QED) is 0.599. The molecule has 0 aliphatic heterocycles. The minimum absolute atomic E-state index is 0.247. The lowest BCUT2D eigenvalue weighted by atomic mass is 9.92. The molecule has 6 nitrogen and oxygen atoms in total. The number of alkyl carbamates (subject to hydrolysis) is 1. The Labute approximate surface area is 185 Å². The van der Waals surface area contributed by atoms with Crippen LogP contribution < -0.4 is 10.6 Å². The maximum absolute atomic E-state index is 12.4. The molecular weight excluding hydrogens is 390 g/mol. The number of aliphatic hydroxyl groups excluding tert-OH is 1. The van der Waals surface area contributed by atoms with Crippen LogP contribution in [-0.4, -0.2) is 35.5 Å². The lowest BCUT2D eigenvalue weighted by Crippen LogP contribution is -2.52. The van der Waals surface area contributed by atoms with Crippen LogP contribution in [0.3, 0.4) is 0 Å². The summed E-state index contributed by atoms with van der Waals surface area (Å²) in [4.78, 5) is 12.4. The van der Waals surface area contributed by atoms with Crippen LogP contribution in [0.2, 0.25) is 0 Å². The van der Waals surface area contributed by atoms with E-state index in [0.717, 1.165) is 11.1 Å². The highest BCUT2D eigenvalue weighted by Gasteiger charge is 2.27. The topological polar surface area (TPSA) is 94.4 Å². The summed E-state index contributed by atoms with van der Waals surface area (Å²) >= 11 is 0. The van der Waals surface area contributed by atoms with Crippen LogP contribution in [0.15, 0.2) is 54.6 Å². The molecule has 0 saturated heterocycles. The standard InChI is InChI=1S/C25H33N3O3/c1-24(2,3)31-23(30)28-21(15-18-10-7-6-8-11-18)22(29)17-27-25(4,5)20-13-9-12-19(14-20)16-26/h6-14,21-22,27,29H,15,17H2,1-5H3,(H,28,30)/t21-,22+/m0/s1. The number of ether oxygens (including phenoxy) is 1.